The van der Waals surface area contributed by atoms with Crippen LogP contribution >= 0.6 is 0 Å². The van der Waals surface area contributed by atoms with Crippen molar-refractivity contribution in [1.82, 2.24) is 4.98 Å². The Bertz CT molecular complexity index is 775. The van der Waals surface area contributed by atoms with Gasteiger partial charge in [-0.1, -0.05) is 30.7 Å². The Hall–Kier alpha value is -2.49. The molecule has 2 aromatic rings. The number of benzene rings is 1. The molecular formula is C19H20N2O2. The lowest BCUT2D eigenvalue weighted by molar-refractivity contribution is -0.117. The molecule has 0 fully saturated rings. The molecule has 4 heteroatoms. The Balaban J connectivity index is 1.70. The number of para-hydroxylation sites is 1. The third-order valence-electron chi connectivity index (χ3n) is 4.27. The maximum absolute atomic E-state index is 12.3. The second-order valence-corrected chi connectivity index (χ2v) is 6.07. The summed E-state index contributed by atoms with van der Waals surface area (Å²) < 4.78 is 0. The van der Waals surface area contributed by atoms with Crippen LogP contribution in [0.5, 0.6) is 0 Å². The largest absolute Gasteiger partial charge is 0.324 e. The van der Waals surface area contributed by atoms with E-state index in [1.165, 1.54) is 0 Å². The van der Waals surface area contributed by atoms with E-state index in [2.05, 4.69) is 10.3 Å². The van der Waals surface area contributed by atoms with Crippen LogP contribution in [-0.2, 0) is 9.59 Å². The molecule has 0 saturated carbocycles. The minimum absolute atomic E-state index is 0.0467. The number of anilines is 1. The van der Waals surface area contributed by atoms with E-state index >= 15 is 0 Å². The summed E-state index contributed by atoms with van der Waals surface area (Å²) in [6, 6.07) is 9.59. The number of rotatable bonds is 4. The van der Waals surface area contributed by atoms with Crippen LogP contribution in [0.25, 0.3) is 10.9 Å². The molecule has 1 amide bonds. The van der Waals surface area contributed by atoms with Crippen LogP contribution in [-0.4, -0.2) is 16.7 Å². The Morgan fingerprint density at radius 2 is 2.09 bits per heavy atom. The number of carbonyl (C=O) groups is 2. The summed E-state index contributed by atoms with van der Waals surface area (Å²) in [6.07, 6.45) is 6.26. The van der Waals surface area contributed by atoms with Crippen LogP contribution < -0.4 is 5.32 Å². The number of hydrogen-bond donors (Lipinski definition) is 1. The van der Waals surface area contributed by atoms with Crippen LogP contribution in [0.15, 0.2) is 48.2 Å². The van der Waals surface area contributed by atoms with Crippen molar-refractivity contribution < 1.29 is 9.59 Å². The topological polar surface area (TPSA) is 59.1 Å². The minimum Gasteiger partial charge on any atom is -0.324 e. The number of amides is 1. The van der Waals surface area contributed by atoms with Crippen molar-refractivity contribution in [2.75, 3.05) is 5.32 Å². The highest BCUT2D eigenvalue weighted by Crippen LogP contribution is 2.26. The van der Waals surface area contributed by atoms with Gasteiger partial charge in [-0.25, -0.2) is 0 Å². The third-order valence-corrected chi connectivity index (χ3v) is 4.27. The van der Waals surface area contributed by atoms with Crippen molar-refractivity contribution in [3.63, 3.8) is 0 Å². The van der Waals surface area contributed by atoms with Gasteiger partial charge in [0.05, 0.1) is 11.2 Å². The van der Waals surface area contributed by atoms with E-state index in [0.717, 1.165) is 35.0 Å². The standard InChI is InChI=1S/C19H20N2O2/c1-13(15-6-2-8-16(22)12-15)11-18(23)21-17-9-3-5-14-7-4-10-20-19(14)17/h3-5,7,9-10,12-13H,2,6,8,11H2,1H3,(H,21,23). The summed E-state index contributed by atoms with van der Waals surface area (Å²) in [5.41, 5.74) is 2.62. The van der Waals surface area contributed by atoms with E-state index in [4.69, 9.17) is 0 Å². The lowest BCUT2D eigenvalue weighted by Gasteiger charge is -2.18. The van der Waals surface area contributed by atoms with E-state index in [1.807, 2.05) is 37.3 Å². The molecule has 4 nitrogen and oxygen atoms in total. The quantitative estimate of drug-likeness (QED) is 0.932. The van der Waals surface area contributed by atoms with Gasteiger partial charge in [-0.3, -0.25) is 14.6 Å². The number of nitrogens with one attached hydrogen (secondary N) is 1. The fourth-order valence-electron chi connectivity index (χ4n) is 3.02. The predicted octanol–water partition coefficient (Wildman–Crippen LogP) is 3.88. The minimum atomic E-state index is -0.0467. The summed E-state index contributed by atoms with van der Waals surface area (Å²) in [6.45, 7) is 2.01. The third kappa shape index (κ3) is 3.65. The predicted molar refractivity (Wildman–Crippen MR) is 91.1 cm³/mol. The van der Waals surface area contributed by atoms with Crippen molar-refractivity contribution in [2.45, 2.75) is 32.6 Å². The van der Waals surface area contributed by atoms with Gasteiger partial charge in [0.2, 0.25) is 5.91 Å². The van der Waals surface area contributed by atoms with Crippen molar-refractivity contribution in [2.24, 2.45) is 5.92 Å². The van der Waals surface area contributed by atoms with Crippen molar-refractivity contribution in [3.8, 4) is 0 Å². The molecule has 1 aromatic carbocycles. The van der Waals surface area contributed by atoms with Crippen LogP contribution in [0, 0.1) is 5.92 Å². The van der Waals surface area contributed by atoms with Gasteiger partial charge in [-0.2, -0.15) is 0 Å². The smallest absolute Gasteiger partial charge is 0.225 e. The monoisotopic (exact) mass is 308 g/mol. The van der Waals surface area contributed by atoms with Gasteiger partial charge in [0.15, 0.2) is 5.78 Å². The van der Waals surface area contributed by atoms with E-state index in [9.17, 15) is 9.59 Å². The van der Waals surface area contributed by atoms with Gasteiger partial charge >= 0.3 is 0 Å². The van der Waals surface area contributed by atoms with Crippen molar-refractivity contribution in [3.05, 3.63) is 48.2 Å². The highest BCUT2D eigenvalue weighted by Gasteiger charge is 2.18. The number of fused-ring (bicyclic) bond motifs is 1. The van der Waals surface area contributed by atoms with Gasteiger partial charge in [0.1, 0.15) is 0 Å². The van der Waals surface area contributed by atoms with Gasteiger partial charge in [-0.05, 0) is 37.0 Å². The molecular weight excluding hydrogens is 288 g/mol. The van der Waals surface area contributed by atoms with Gasteiger partial charge in [-0.15, -0.1) is 0 Å². The summed E-state index contributed by atoms with van der Waals surface area (Å²) in [5, 5.41) is 3.95. The van der Waals surface area contributed by atoms with Crippen molar-refractivity contribution in [1.29, 1.82) is 0 Å². The molecule has 1 aromatic heterocycles. The molecule has 1 aliphatic rings. The van der Waals surface area contributed by atoms with Crippen LogP contribution in [0.4, 0.5) is 5.69 Å². The van der Waals surface area contributed by atoms with Crippen LogP contribution in [0.1, 0.15) is 32.6 Å². The molecule has 3 rings (SSSR count). The molecule has 0 saturated heterocycles. The Labute approximate surface area is 135 Å². The maximum atomic E-state index is 12.3. The lowest BCUT2D eigenvalue weighted by atomic mass is 9.88. The van der Waals surface area contributed by atoms with E-state index < -0.39 is 0 Å². The molecule has 1 atom stereocenters. The average molecular weight is 308 g/mol. The molecule has 118 valence electrons. The van der Waals surface area contributed by atoms with Gasteiger partial charge in [0, 0.05) is 24.4 Å². The molecule has 1 heterocycles. The summed E-state index contributed by atoms with van der Waals surface area (Å²) in [5.74, 6) is 0.216. The lowest BCUT2D eigenvalue weighted by Crippen LogP contribution is -2.18. The number of nitrogens with zero attached hydrogens (tertiary/aromatic N) is 1. The molecule has 23 heavy (non-hydrogen) atoms. The highest BCUT2D eigenvalue weighted by molar-refractivity contribution is 6.00. The van der Waals surface area contributed by atoms with Crippen LogP contribution in [0.3, 0.4) is 0 Å². The summed E-state index contributed by atoms with van der Waals surface area (Å²) in [4.78, 5) is 28.2. The molecule has 0 spiro atoms. The zero-order valence-corrected chi connectivity index (χ0v) is 13.2. The second kappa shape index (κ2) is 6.73. The first-order valence-electron chi connectivity index (χ1n) is 8.00. The number of ketones is 1. The van der Waals surface area contributed by atoms with Gasteiger partial charge in [0.25, 0.3) is 0 Å². The molecule has 1 N–H and O–H groups in total. The highest BCUT2D eigenvalue weighted by atomic mass is 16.1. The number of pyridine rings is 1. The fraction of sp³-hybridized carbons (Fsp3) is 0.316. The first kappa shape index (κ1) is 15.4. The first-order chi connectivity index (χ1) is 11.1. The summed E-state index contributed by atoms with van der Waals surface area (Å²) in [7, 11) is 0. The maximum Gasteiger partial charge on any atom is 0.225 e. The van der Waals surface area contributed by atoms with Crippen LogP contribution in [0.2, 0.25) is 0 Å². The Morgan fingerprint density at radius 1 is 1.26 bits per heavy atom. The fourth-order valence-corrected chi connectivity index (χ4v) is 3.02. The number of hydrogen-bond acceptors (Lipinski definition) is 3. The van der Waals surface area contributed by atoms with E-state index in [0.29, 0.717) is 12.8 Å². The Morgan fingerprint density at radius 3 is 2.91 bits per heavy atom. The Kier molecular flexibility index (Phi) is 4.51. The molecule has 0 bridgehead atoms. The van der Waals surface area contributed by atoms with Crippen molar-refractivity contribution >= 4 is 28.3 Å². The normalized spacial score (nSPS) is 16.0. The number of carbonyl (C=O) groups excluding carboxylic acids is 2. The summed E-state index contributed by atoms with van der Waals surface area (Å²) >= 11 is 0. The molecule has 0 radical (unpaired) electrons. The number of aromatic nitrogens is 1. The average Bonchev–Trinajstić information content (AvgIpc) is 2.55. The molecule has 0 aliphatic heterocycles. The van der Waals surface area contributed by atoms with E-state index in [1.54, 1.807) is 12.3 Å². The molecule has 1 aliphatic carbocycles. The molecule has 1 unspecified atom stereocenters. The zero-order valence-electron chi connectivity index (χ0n) is 13.2. The second-order valence-electron chi connectivity index (χ2n) is 6.07. The van der Waals surface area contributed by atoms with Gasteiger partial charge < -0.3 is 5.32 Å². The number of allylic oxidation sites excluding steroid dienone is 2. The first-order valence-corrected chi connectivity index (χ1v) is 8.00. The zero-order chi connectivity index (χ0) is 16.2. The van der Waals surface area contributed by atoms with E-state index in [-0.39, 0.29) is 17.6 Å². The SMILES string of the molecule is CC(CC(=O)Nc1cccc2cccnc12)C1=CC(=O)CCC1.